The first-order valence-corrected chi connectivity index (χ1v) is 6.58. The molecule has 96 valence electrons. The number of benzene rings is 1. The fraction of sp³-hybridized carbons (Fsp3) is 0.429. The molecule has 0 saturated carbocycles. The van der Waals surface area contributed by atoms with Gasteiger partial charge in [-0.3, -0.25) is 4.79 Å². The average Bonchev–Trinajstić information content (AvgIpc) is 2.32. The van der Waals surface area contributed by atoms with Crippen LogP contribution in [0, 0.1) is 17.2 Å². The molecule has 2 nitrogen and oxygen atoms in total. The Bertz CT molecular complexity index is 477. The van der Waals surface area contributed by atoms with E-state index in [2.05, 4.69) is 0 Å². The molecule has 0 aliphatic heterocycles. The molecule has 0 radical (unpaired) electrons. The lowest BCUT2D eigenvalue weighted by Crippen LogP contribution is -2.11. The van der Waals surface area contributed by atoms with Crippen molar-refractivity contribution in [3.8, 4) is 6.07 Å². The van der Waals surface area contributed by atoms with Gasteiger partial charge in [0.1, 0.15) is 5.92 Å². The Kier molecular flexibility index (Phi) is 5.65. The lowest BCUT2D eigenvalue weighted by atomic mass is 9.92. The molecule has 0 spiro atoms. The van der Waals surface area contributed by atoms with Crippen molar-refractivity contribution in [1.82, 2.24) is 0 Å². The van der Waals surface area contributed by atoms with Crippen LogP contribution in [0.3, 0.4) is 0 Å². The molecule has 1 aromatic rings. The minimum Gasteiger partial charge on any atom is -0.298 e. The summed E-state index contributed by atoms with van der Waals surface area (Å²) in [4.78, 5) is 12.0. The zero-order chi connectivity index (χ0) is 13.7. The van der Waals surface area contributed by atoms with Crippen LogP contribution in [0.1, 0.15) is 38.2 Å². The molecule has 0 amide bonds. The van der Waals surface area contributed by atoms with Crippen LogP contribution >= 0.6 is 23.2 Å². The fourth-order valence-electron chi connectivity index (χ4n) is 1.60. The summed E-state index contributed by atoms with van der Waals surface area (Å²) in [6.07, 6.45) is 1.20. The van der Waals surface area contributed by atoms with Gasteiger partial charge in [0.2, 0.25) is 0 Å². The zero-order valence-electron chi connectivity index (χ0n) is 10.4. The van der Waals surface area contributed by atoms with Gasteiger partial charge in [-0.1, -0.05) is 43.1 Å². The lowest BCUT2D eigenvalue weighted by Gasteiger charge is -2.10. The number of carbonyl (C=O) groups is 1. The van der Waals surface area contributed by atoms with Crippen molar-refractivity contribution in [3.63, 3.8) is 0 Å². The molecule has 0 N–H and O–H groups in total. The third-order valence-corrected chi connectivity index (χ3v) is 3.44. The number of hydrogen-bond donors (Lipinski definition) is 0. The van der Waals surface area contributed by atoms with E-state index in [1.54, 1.807) is 18.2 Å². The number of halogens is 2. The number of rotatable bonds is 5. The van der Waals surface area contributed by atoms with Crippen LogP contribution in [-0.2, 0) is 4.79 Å². The third kappa shape index (κ3) is 4.01. The maximum absolute atomic E-state index is 12.0. The third-order valence-electron chi connectivity index (χ3n) is 2.70. The molecule has 1 rings (SSSR count). The Hall–Kier alpha value is -1.04. The normalized spacial score (nSPS) is 12.2. The minimum atomic E-state index is -0.751. The molecule has 0 aromatic heterocycles. The van der Waals surface area contributed by atoms with Crippen LogP contribution < -0.4 is 0 Å². The van der Waals surface area contributed by atoms with Gasteiger partial charge in [-0.05, 0) is 30.0 Å². The first-order valence-electron chi connectivity index (χ1n) is 5.83. The van der Waals surface area contributed by atoms with Gasteiger partial charge in [0.15, 0.2) is 5.78 Å². The minimum absolute atomic E-state index is 0.0652. The quantitative estimate of drug-likeness (QED) is 0.792. The van der Waals surface area contributed by atoms with Gasteiger partial charge in [-0.25, -0.2) is 0 Å². The second kappa shape index (κ2) is 6.78. The van der Waals surface area contributed by atoms with E-state index in [9.17, 15) is 4.79 Å². The summed E-state index contributed by atoms with van der Waals surface area (Å²) in [5.41, 5.74) is 0.612. The first-order chi connectivity index (χ1) is 8.45. The maximum atomic E-state index is 12.0. The molecular formula is C14H15Cl2NO. The summed E-state index contributed by atoms with van der Waals surface area (Å²) >= 11 is 11.7. The van der Waals surface area contributed by atoms with Gasteiger partial charge in [-0.2, -0.15) is 5.26 Å². The lowest BCUT2D eigenvalue weighted by molar-refractivity contribution is -0.119. The van der Waals surface area contributed by atoms with Crippen LogP contribution in [0.2, 0.25) is 10.0 Å². The van der Waals surface area contributed by atoms with Gasteiger partial charge in [0.05, 0.1) is 16.1 Å². The van der Waals surface area contributed by atoms with E-state index in [0.717, 1.165) is 6.42 Å². The summed E-state index contributed by atoms with van der Waals surface area (Å²) in [5.74, 6) is -0.370. The second-order valence-corrected chi connectivity index (χ2v) is 5.45. The van der Waals surface area contributed by atoms with E-state index in [1.165, 1.54) is 0 Å². The van der Waals surface area contributed by atoms with E-state index in [4.69, 9.17) is 28.5 Å². The van der Waals surface area contributed by atoms with E-state index in [0.29, 0.717) is 27.9 Å². The highest BCUT2D eigenvalue weighted by Gasteiger charge is 2.20. The van der Waals surface area contributed by atoms with Crippen LogP contribution in [0.25, 0.3) is 0 Å². The molecule has 18 heavy (non-hydrogen) atoms. The number of hydrogen-bond acceptors (Lipinski definition) is 2. The SMILES string of the molecule is CC(C)CCC(=O)C(C#N)c1ccc(Cl)c(Cl)c1. The van der Waals surface area contributed by atoms with Crippen molar-refractivity contribution in [2.45, 2.75) is 32.6 Å². The average molecular weight is 284 g/mol. The van der Waals surface area contributed by atoms with Gasteiger partial charge in [0, 0.05) is 6.42 Å². The number of Topliss-reactive ketones (excluding diaryl/α,β-unsaturated/α-hetero) is 1. The van der Waals surface area contributed by atoms with Crippen molar-refractivity contribution < 1.29 is 4.79 Å². The van der Waals surface area contributed by atoms with Crippen LogP contribution in [0.4, 0.5) is 0 Å². The predicted octanol–water partition coefficient (Wildman–Crippen LogP) is 4.61. The standard InChI is InChI=1S/C14H15Cl2NO/c1-9(2)3-6-14(18)11(8-17)10-4-5-12(15)13(16)7-10/h4-5,7,9,11H,3,6H2,1-2H3. The highest BCUT2D eigenvalue weighted by Crippen LogP contribution is 2.27. The molecule has 1 atom stereocenters. The molecule has 0 aliphatic carbocycles. The van der Waals surface area contributed by atoms with Gasteiger partial charge < -0.3 is 0 Å². The van der Waals surface area contributed by atoms with Crippen molar-refractivity contribution in [2.24, 2.45) is 5.92 Å². The van der Waals surface area contributed by atoms with Crippen molar-refractivity contribution in [3.05, 3.63) is 33.8 Å². The topological polar surface area (TPSA) is 40.9 Å². The number of nitrogens with zero attached hydrogens (tertiary/aromatic N) is 1. The predicted molar refractivity (Wildman–Crippen MR) is 73.9 cm³/mol. The molecule has 4 heteroatoms. The summed E-state index contributed by atoms with van der Waals surface area (Å²) in [6.45, 7) is 4.10. The number of ketones is 1. The monoisotopic (exact) mass is 283 g/mol. The molecule has 0 aliphatic rings. The van der Waals surface area contributed by atoms with Crippen molar-refractivity contribution in [1.29, 1.82) is 5.26 Å². The van der Waals surface area contributed by atoms with E-state index >= 15 is 0 Å². The van der Waals surface area contributed by atoms with Crippen LogP contribution in [-0.4, -0.2) is 5.78 Å². The van der Waals surface area contributed by atoms with Gasteiger partial charge in [0.25, 0.3) is 0 Å². The Balaban J connectivity index is 2.86. The first kappa shape index (κ1) is 15.0. The molecular weight excluding hydrogens is 269 g/mol. The summed E-state index contributed by atoms with van der Waals surface area (Å²) < 4.78 is 0. The Morgan fingerprint density at radius 2 is 2.00 bits per heavy atom. The van der Waals surface area contributed by atoms with Crippen LogP contribution in [0.15, 0.2) is 18.2 Å². The Morgan fingerprint density at radius 1 is 1.33 bits per heavy atom. The molecule has 1 unspecified atom stereocenters. The Morgan fingerprint density at radius 3 is 2.50 bits per heavy atom. The highest BCUT2D eigenvalue weighted by molar-refractivity contribution is 6.42. The summed E-state index contributed by atoms with van der Waals surface area (Å²) in [7, 11) is 0. The van der Waals surface area contributed by atoms with Crippen molar-refractivity contribution >= 4 is 29.0 Å². The van der Waals surface area contributed by atoms with Gasteiger partial charge in [-0.15, -0.1) is 0 Å². The summed E-state index contributed by atoms with van der Waals surface area (Å²) in [6, 6.07) is 6.91. The van der Waals surface area contributed by atoms with Gasteiger partial charge >= 0.3 is 0 Å². The number of nitriles is 1. The van der Waals surface area contributed by atoms with E-state index in [1.807, 2.05) is 19.9 Å². The molecule has 0 bridgehead atoms. The molecule has 0 heterocycles. The second-order valence-electron chi connectivity index (χ2n) is 4.63. The zero-order valence-corrected chi connectivity index (χ0v) is 11.9. The van der Waals surface area contributed by atoms with Crippen molar-refractivity contribution in [2.75, 3.05) is 0 Å². The molecule has 0 fully saturated rings. The van der Waals surface area contributed by atoms with Crippen LogP contribution in [0.5, 0.6) is 0 Å². The molecule has 1 aromatic carbocycles. The smallest absolute Gasteiger partial charge is 0.154 e. The molecule has 0 saturated heterocycles. The van der Waals surface area contributed by atoms with E-state index in [-0.39, 0.29) is 5.78 Å². The maximum Gasteiger partial charge on any atom is 0.154 e. The largest absolute Gasteiger partial charge is 0.298 e. The summed E-state index contributed by atoms with van der Waals surface area (Å²) in [5, 5.41) is 9.92. The number of carbonyl (C=O) groups excluding carboxylic acids is 1. The Labute approximate surface area is 118 Å². The fourth-order valence-corrected chi connectivity index (χ4v) is 1.91. The highest BCUT2D eigenvalue weighted by atomic mass is 35.5. The van der Waals surface area contributed by atoms with E-state index < -0.39 is 5.92 Å².